The first-order valence-electron chi connectivity index (χ1n) is 11.8. The van der Waals surface area contributed by atoms with Crippen molar-refractivity contribution in [3.8, 4) is 0 Å². The lowest BCUT2D eigenvalue weighted by atomic mass is 9.91. The Morgan fingerprint density at radius 1 is 1.06 bits per heavy atom. The number of rotatable bonds is 6. The zero-order valence-electron chi connectivity index (χ0n) is 19.2. The first kappa shape index (κ1) is 22.0. The van der Waals surface area contributed by atoms with Crippen molar-refractivity contribution < 1.29 is 4.79 Å². The van der Waals surface area contributed by atoms with Crippen molar-refractivity contribution in [2.45, 2.75) is 44.6 Å². The summed E-state index contributed by atoms with van der Waals surface area (Å²) in [5, 5.41) is 8.21. The van der Waals surface area contributed by atoms with E-state index < -0.39 is 0 Å². The normalized spacial score (nSPS) is 15.5. The SMILES string of the molecule is CC[C@@H](C(=O)N1CCC(c2nc3c(nnn3Cc3ccccc3)c(=O)[nH]2)CC1)c1ccccc1. The molecule has 1 atom stereocenters. The van der Waals surface area contributed by atoms with Crippen molar-refractivity contribution in [3.05, 3.63) is 88.0 Å². The number of hydrogen-bond acceptors (Lipinski definition) is 5. The van der Waals surface area contributed by atoms with Crippen molar-refractivity contribution in [1.82, 2.24) is 29.9 Å². The Morgan fingerprint density at radius 2 is 1.74 bits per heavy atom. The van der Waals surface area contributed by atoms with E-state index in [0.29, 0.717) is 31.1 Å². The number of nitrogens with zero attached hydrogens (tertiary/aromatic N) is 5. The first-order valence-corrected chi connectivity index (χ1v) is 11.8. The van der Waals surface area contributed by atoms with Gasteiger partial charge in [0.15, 0.2) is 11.2 Å². The number of nitrogens with one attached hydrogen (secondary N) is 1. The largest absolute Gasteiger partial charge is 0.342 e. The van der Waals surface area contributed by atoms with Crippen LogP contribution in [0, 0.1) is 0 Å². The van der Waals surface area contributed by atoms with Crippen molar-refractivity contribution in [1.29, 1.82) is 0 Å². The Kier molecular flexibility index (Phi) is 6.20. The predicted molar refractivity (Wildman–Crippen MR) is 130 cm³/mol. The molecular formula is C26H28N6O2. The number of benzene rings is 2. The number of hydrogen-bond donors (Lipinski definition) is 1. The monoisotopic (exact) mass is 456 g/mol. The van der Waals surface area contributed by atoms with E-state index in [1.54, 1.807) is 4.68 Å². The molecule has 0 aliphatic carbocycles. The zero-order chi connectivity index (χ0) is 23.5. The van der Waals surface area contributed by atoms with Gasteiger partial charge in [0.05, 0.1) is 12.5 Å². The van der Waals surface area contributed by atoms with E-state index in [9.17, 15) is 9.59 Å². The lowest BCUT2D eigenvalue weighted by Crippen LogP contribution is -2.41. The van der Waals surface area contributed by atoms with E-state index in [1.807, 2.05) is 65.6 Å². The second-order valence-electron chi connectivity index (χ2n) is 8.83. The van der Waals surface area contributed by atoms with E-state index in [4.69, 9.17) is 4.98 Å². The van der Waals surface area contributed by atoms with Gasteiger partial charge in [-0.3, -0.25) is 9.59 Å². The van der Waals surface area contributed by atoms with Crippen molar-refractivity contribution in [2.24, 2.45) is 0 Å². The fourth-order valence-corrected chi connectivity index (χ4v) is 4.77. The van der Waals surface area contributed by atoms with Crippen LogP contribution < -0.4 is 5.56 Å². The van der Waals surface area contributed by atoms with Crippen molar-refractivity contribution in [3.63, 3.8) is 0 Å². The number of aromatic amines is 1. The molecule has 34 heavy (non-hydrogen) atoms. The van der Waals surface area contributed by atoms with E-state index in [2.05, 4.69) is 22.2 Å². The molecule has 8 heteroatoms. The molecular weight excluding hydrogens is 428 g/mol. The van der Waals surface area contributed by atoms with Gasteiger partial charge in [-0.15, -0.1) is 5.10 Å². The van der Waals surface area contributed by atoms with Gasteiger partial charge < -0.3 is 9.88 Å². The van der Waals surface area contributed by atoms with Gasteiger partial charge in [0.25, 0.3) is 5.56 Å². The second-order valence-corrected chi connectivity index (χ2v) is 8.83. The minimum atomic E-state index is -0.270. The smallest absolute Gasteiger partial charge is 0.281 e. The molecule has 3 heterocycles. The van der Waals surface area contributed by atoms with Crippen LogP contribution in [0.4, 0.5) is 0 Å². The van der Waals surface area contributed by atoms with E-state index in [0.717, 1.165) is 30.4 Å². The zero-order valence-corrected chi connectivity index (χ0v) is 19.2. The lowest BCUT2D eigenvalue weighted by molar-refractivity contribution is -0.134. The molecule has 1 aliphatic heterocycles. The summed E-state index contributed by atoms with van der Waals surface area (Å²) in [7, 11) is 0. The Morgan fingerprint density at radius 3 is 2.41 bits per heavy atom. The Bertz CT molecular complexity index is 1320. The highest BCUT2D eigenvalue weighted by molar-refractivity contribution is 5.83. The van der Waals surface area contributed by atoms with Crippen LogP contribution in [-0.4, -0.2) is 48.9 Å². The maximum Gasteiger partial charge on any atom is 0.281 e. The number of H-pyrrole nitrogens is 1. The molecule has 1 aliphatic rings. The molecule has 4 aromatic rings. The molecule has 1 fully saturated rings. The molecule has 1 N–H and O–H groups in total. The van der Waals surface area contributed by atoms with Crippen LogP contribution >= 0.6 is 0 Å². The van der Waals surface area contributed by atoms with Gasteiger partial charge in [0.2, 0.25) is 5.91 Å². The van der Waals surface area contributed by atoms with Gasteiger partial charge >= 0.3 is 0 Å². The molecule has 0 unspecified atom stereocenters. The molecule has 174 valence electrons. The average molecular weight is 457 g/mol. The number of fused-ring (bicyclic) bond motifs is 1. The Balaban J connectivity index is 1.32. The Labute approximate surface area is 197 Å². The number of carbonyl (C=O) groups is 1. The Hall–Kier alpha value is -3.81. The molecule has 0 spiro atoms. The maximum atomic E-state index is 13.2. The van der Waals surface area contributed by atoms with Crippen LogP contribution in [0.3, 0.4) is 0 Å². The van der Waals surface area contributed by atoms with Crippen molar-refractivity contribution >= 4 is 17.1 Å². The van der Waals surface area contributed by atoms with Gasteiger partial charge in [-0.2, -0.15) is 0 Å². The van der Waals surface area contributed by atoms with Crippen LogP contribution in [0.1, 0.15) is 55.0 Å². The van der Waals surface area contributed by atoms with Gasteiger partial charge in [-0.05, 0) is 30.4 Å². The molecule has 0 radical (unpaired) electrons. The van der Waals surface area contributed by atoms with Gasteiger partial charge in [0.1, 0.15) is 5.82 Å². The first-order chi connectivity index (χ1) is 16.6. The summed E-state index contributed by atoms with van der Waals surface area (Å²) >= 11 is 0. The predicted octanol–water partition coefficient (Wildman–Crippen LogP) is 3.46. The third-order valence-electron chi connectivity index (χ3n) is 6.67. The summed E-state index contributed by atoms with van der Waals surface area (Å²) in [6, 6.07) is 19.9. The lowest BCUT2D eigenvalue weighted by Gasteiger charge is -2.33. The quantitative estimate of drug-likeness (QED) is 0.479. The fourth-order valence-electron chi connectivity index (χ4n) is 4.77. The van der Waals surface area contributed by atoms with E-state index >= 15 is 0 Å². The molecule has 2 aromatic heterocycles. The highest BCUT2D eigenvalue weighted by Crippen LogP contribution is 2.29. The molecule has 1 amide bonds. The number of aromatic nitrogens is 5. The summed E-state index contributed by atoms with van der Waals surface area (Å²) in [5.41, 5.74) is 2.60. The van der Waals surface area contributed by atoms with Crippen LogP contribution in [0.25, 0.3) is 11.2 Å². The number of amides is 1. The standard InChI is InChI=1S/C26H28N6O2/c1-2-21(19-11-7-4-8-12-19)26(34)31-15-13-20(14-16-31)23-27-24-22(25(33)28-23)29-30-32(24)17-18-9-5-3-6-10-18/h3-12,20-21H,2,13-17H2,1H3,(H,27,28,33)/t21-/m1/s1. The molecule has 8 nitrogen and oxygen atoms in total. The molecule has 2 aromatic carbocycles. The molecule has 0 bridgehead atoms. The maximum absolute atomic E-state index is 13.2. The fraction of sp³-hybridized carbons (Fsp3) is 0.346. The van der Waals surface area contributed by atoms with Gasteiger partial charge in [-0.1, -0.05) is 72.8 Å². The number of carbonyl (C=O) groups excluding carboxylic acids is 1. The second kappa shape index (κ2) is 9.59. The highest BCUT2D eigenvalue weighted by atomic mass is 16.2. The van der Waals surface area contributed by atoms with Gasteiger partial charge in [0, 0.05) is 19.0 Å². The van der Waals surface area contributed by atoms with Crippen LogP contribution in [-0.2, 0) is 11.3 Å². The topological polar surface area (TPSA) is 96.8 Å². The highest BCUT2D eigenvalue weighted by Gasteiger charge is 2.30. The summed E-state index contributed by atoms with van der Waals surface area (Å²) in [6.07, 6.45) is 2.28. The van der Waals surface area contributed by atoms with Crippen LogP contribution in [0.5, 0.6) is 0 Å². The van der Waals surface area contributed by atoms with Crippen molar-refractivity contribution in [2.75, 3.05) is 13.1 Å². The van der Waals surface area contributed by atoms with E-state index in [-0.39, 0.29) is 28.8 Å². The summed E-state index contributed by atoms with van der Waals surface area (Å²) in [5.74, 6) is 0.786. The van der Waals surface area contributed by atoms with Crippen LogP contribution in [0.2, 0.25) is 0 Å². The number of piperidine rings is 1. The molecule has 1 saturated heterocycles. The third-order valence-corrected chi connectivity index (χ3v) is 6.67. The summed E-state index contributed by atoms with van der Waals surface area (Å²) in [4.78, 5) is 35.5. The molecule has 0 saturated carbocycles. The van der Waals surface area contributed by atoms with Crippen LogP contribution in [0.15, 0.2) is 65.5 Å². The summed E-state index contributed by atoms with van der Waals surface area (Å²) in [6.45, 7) is 3.85. The minimum absolute atomic E-state index is 0.0815. The van der Waals surface area contributed by atoms with Gasteiger partial charge in [-0.25, -0.2) is 9.67 Å². The minimum Gasteiger partial charge on any atom is -0.342 e. The summed E-state index contributed by atoms with van der Waals surface area (Å²) < 4.78 is 1.67. The average Bonchev–Trinajstić information content (AvgIpc) is 3.29. The third kappa shape index (κ3) is 4.35. The van der Waals surface area contributed by atoms with E-state index in [1.165, 1.54) is 0 Å². The molecule has 5 rings (SSSR count). The number of likely N-dealkylation sites (tertiary alicyclic amines) is 1.